The van der Waals surface area contributed by atoms with Crippen molar-refractivity contribution in [3.05, 3.63) is 23.0 Å². The first-order valence-corrected chi connectivity index (χ1v) is 10.0. The molecule has 1 amide bonds. The van der Waals surface area contributed by atoms with E-state index in [1.807, 2.05) is 27.0 Å². The van der Waals surface area contributed by atoms with E-state index in [1.165, 1.54) is 30.9 Å². The largest absolute Gasteiger partial charge is 0.466 e. The third-order valence-electron chi connectivity index (χ3n) is 3.90. The number of aromatic nitrogens is 1. The quantitative estimate of drug-likeness (QED) is 0.639. The Bertz CT molecular complexity index is 513. The molecule has 0 aliphatic rings. The molecule has 1 aromatic rings. The smallest absolute Gasteiger partial charge is 0.302 e. The lowest BCUT2D eigenvalue weighted by atomic mass is 10.1. The van der Waals surface area contributed by atoms with Crippen LogP contribution in [0.4, 0.5) is 0 Å². The molecule has 158 valence electrons. The van der Waals surface area contributed by atoms with E-state index in [1.54, 1.807) is 6.92 Å². The third-order valence-corrected chi connectivity index (χ3v) is 3.90. The van der Waals surface area contributed by atoms with Gasteiger partial charge in [-0.25, -0.2) is 0 Å². The molecule has 0 aromatic carbocycles. The van der Waals surface area contributed by atoms with Crippen molar-refractivity contribution < 1.29 is 14.3 Å². The van der Waals surface area contributed by atoms with Gasteiger partial charge in [-0.3, -0.25) is 9.59 Å². The number of ether oxygens (including phenoxy) is 1. The average Bonchev–Trinajstić information content (AvgIpc) is 2.94. The summed E-state index contributed by atoms with van der Waals surface area (Å²) >= 11 is 0. The molecule has 0 fully saturated rings. The van der Waals surface area contributed by atoms with Crippen LogP contribution in [0.15, 0.2) is 6.20 Å². The van der Waals surface area contributed by atoms with Gasteiger partial charge in [0.25, 0.3) is 0 Å². The number of aryl methyl sites for hydroxylation is 1. The summed E-state index contributed by atoms with van der Waals surface area (Å²) in [7, 11) is 2.10. The van der Waals surface area contributed by atoms with Gasteiger partial charge in [-0.15, -0.1) is 0 Å². The van der Waals surface area contributed by atoms with E-state index < -0.39 is 0 Å². The molecule has 6 nitrogen and oxygen atoms in total. The predicted molar refractivity (Wildman–Crippen MR) is 113 cm³/mol. The highest BCUT2D eigenvalue weighted by molar-refractivity contribution is 5.78. The summed E-state index contributed by atoms with van der Waals surface area (Å²) in [4.78, 5) is 27.1. The Morgan fingerprint density at radius 2 is 1.81 bits per heavy atom. The van der Waals surface area contributed by atoms with Crippen LogP contribution >= 0.6 is 0 Å². The van der Waals surface area contributed by atoms with Crippen LogP contribution in [0, 0.1) is 13.8 Å². The van der Waals surface area contributed by atoms with Crippen LogP contribution in [0.3, 0.4) is 0 Å². The maximum absolute atomic E-state index is 11.8. The summed E-state index contributed by atoms with van der Waals surface area (Å²) in [5, 5.41) is 2.97. The summed E-state index contributed by atoms with van der Waals surface area (Å²) < 4.78 is 4.40. The van der Waals surface area contributed by atoms with Gasteiger partial charge in [-0.2, -0.15) is 0 Å². The highest BCUT2D eigenvalue weighted by atomic mass is 16.5. The maximum Gasteiger partial charge on any atom is 0.302 e. The predicted octanol–water partition coefficient (Wildman–Crippen LogP) is 3.62. The molecule has 27 heavy (non-hydrogen) atoms. The summed E-state index contributed by atoms with van der Waals surface area (Å²) in [6, 6.07) is 0. The first-order valence-electron chi connectivity index (χ1n) is 10.0. The number of unbranched alkanes of at least 4 members (excludes halogenated alkanes) is 1. The van der Waals surface area contributed by atoms with Gasteiger partial charge in [-0.1, -0.05) is 27.2 Å². The van der Waals surface area contributed by atoms with Crippen molar-refractivity contribution in [3.8, 4) is 0 Å². The van der Waals surface area contributed by atoms with Crippen LogP contribution in [0.25, 0.3) is 0 Å². The highest BCUT2D eigenvalue weighted by Gasteiger charge is 2.08. The number of H-pyrrole nitrogens is 1. The number of aromatic amines is 1. The van der Waals surface area contributed by atoms with Crippen molar-refractivity contribution in [1.29, 1.82) is 0 Å². The Kier molecular flexibility index (Phi) is 17.8. The molecule has 0 bridgehead atoms. The molecule has 1 rings (SSSR count). The van der Waals surface area contributed by atoms with Crippen LogP contribution in [-0.2, 0) is 20.7 Å². The lowest BCUT2D eigenvalue weighted by molar-refractivity contribution is -0.140. The fourth-order valence-electron chi connectivity index (χ4n) is 2.19. The number of rotatable bonds is 9. The van der Waals surface area contributed by atoms with Gasteiger partial charge in [0.2, 0.25) is 5.91 Å². The maximum atomic E-state index is 11.8. The molecular formula is C21H41N3O3. The molecule has 0 saturated carbocycles. The van der Waals surface area contributed by atoms with Crippen molar-refractivity contribution >= 4 is 11.9 Å². The minimum atomic E-state index is -0.211. The second-order valence-corrected chi connectivity index (χ2v) is 6.18. The fourth-order valence-corrected chi connectivity index (χ4v) is 2.19. The number of esters is 1. The van der Waals surface area contributed by atoms with Gasteiger partial charge in [0.15, 0.2) is 0 Å². The number of hydrogen-bond donors (Lipinski definition) is 2. The molecule has 0 aliphatic heterocycles. The van der Waals surface area contributed by atoms with Gasteiger partial charge >= 0.3 is 5.97 Å². The van der Waals surface area contributed by atoms with Crippen LogP contribution in [0.5, 0.6) is 0 Å². The molecule has 0 spiro atoms. The summed E-state index contributed by atoms with van der Waals surface area (Å²) in [5.74, 6) is -0.119. The van der Waals surface area contributed by atoms with E-state index in [4.69, 9.17) is 0 Å². The van der Waals surface area contributed by atoms with Gasteiger partial charge in [-0.05, 0) is 51.9 Å². The first-order chi connectivity index (χ1) is 12.8. The van der Waals surface area contributed by atoms with Crippen LogP contribution in [0.1, 0.15) is 64.3 Å². The Hall–Kier alpha value is -1.82. The van der Waals surface area contributed by atoms with Crippen molar-refractivity contribution in [3.63, 3.8) is 0 Å². The number of nitrogens with one attached hydrogen (secondary N) is 2. The zero-order valence-electron chi connectivity index (χ0n) is 18.7. The van der Waals surface area contributed by atoms with E-state index in [2.05, 4.69) is 40.8 Å². The summed E-state index contributed by atoms with van der Waals surface area (Å²) in [6.07, 6.45) is 4.82. The Labute approximate surface area is 166 Å². The molecule has 0 saturated heterocycles. The fraction of sp³-hybridized carbons (Fsp3) is 0.714. The second-order valence-electron chi connectivity index (χ2n) is 6.18. The number of nitrogens with zero attached hydrogens (tertiary/aromatic N) is 1. The van der Waals surface area contributed by atoms with E-state index in [-0.39, 0.29) is 11.9 Å². The molecule has 2 N–H and O–H groups in total. The number of carbonyl (C=O) groups excluding carboxylic acids is 2. The van der Waals surface area contributed by atoms with E-state index in [0.717, 1.165) is 25.3 Å². The Balaban J connectivity index is 0. The van der Waals surface area contributed by atoms with Crippen molar-refractivity contribution in [1.82, 2.24) is 15.2 Å². The van der Waals surface area contributed by atoms with Crippen molar-refractivity contribution in [2.45, 2.75) is 67.7 Å². The number of hydrogen-bond acceptors (Lipinski definition) is 4. The second kappa shape index (κ2) is 17.6. The monoisotopic (exact) mass is 383 g/mol. The number of amides is 1. The number of carbonyl (C=O) groups is 2. The molecule has 0 atom stereocenters. The molecule has 1 heterocycles. The van der Waals surface area contributed by atoms with E-state index in [9.17, 15) is 9.59 Å². The van der Waals surface area contributed by atoms with Gasteiger partial charge in [0.05, 0.1) is 13.0 Å². The molecular weight excluding hydrogens is 342 g/mol. The standard InChI is InChI=1S/C15H27N3O.C4H8O2.C2H6/c1-5-6-8-18(4)9-7-16-15(19)10-14-13(3)12(2)11-17-14;1-3-6-4(2)5;1-2/h11,17H,5-10H2,1-4H3,(H,16,19);3H2,1-2H3;1-2H3. The first kappa shape index (κ1) is 27.4. The lowest BCUT2D eigenvalue weighted by Gasteiger charge is -2.16. The van der Waals surface area contributed by atoms with Gasteiger partial charge in [0, 0.05) is 31.9 Å². The molecule has 0 radical (unpaired) electrons. The average molecular weight is 384 g/mol. The summed E-state index contributed by atoms with van der Waals surface area (Å²) in [5.41, 5.74) is 3.42. The van der Waals surface area contributed by atoms with E-state index >= 15 is 0 Å². The van der Waals surface area contributed by atoms with Gasteiger partial charge < -0.3 is 19.9 Å². The molecule has 1 aromatic heterocycles. The van der Waals surface area contributed by atoms with Crippen LogP contribution in [0.2, 0.25) is 0 Å². The molecule has 0 unspecified atom stereocenters. The van der Waals surface area contributed by atoms with E-state index in [0.29, 0.717) is 13.0 Å². The van der Waals surface area contributed by atoms with Crippen molar-refractivity contribution in [2.75, 3.05) is 33.3 Å². The molecule has 6 heteroatoms. The Morgan fingerprint density at radius 1 is 1.19 bits per heavy atom. The molecule has 0 aliphatic carbocycles. The van der Waals surface area contributed by atoms with Crippen LogP contribution < -0.4 is 5.32 Å². The SMILES string of the molecule is CC.CCCCN(C)CCNC(=O)Cc1[nH]cc(C)c1C.CCOC(C)=O. The zero-order chi connectivity index (χ0) is 21.2. The zero-order valence-corrected chi connectivity index (χ0v) is 18.7. The van der Waals surface area contributed by atoms with Gasteiger partial charge in [0.1, 0.15) is 0 Å². The highest BCUT2D eigenvalue weighted by Crippen LogP contribution is 2.11. The third kappa shape index (κ3) is 15.0. The lowest BCUT2D eigenvalue weighted by Crippen LogP contribution is -2.34. The Morgan fingerprint density at radius 3 is 2.22 bits per heavy atom. The van der Waals surface area contributed by atoms with Crippen molar-refractivity contribution in [2.24, 2.45) is 0 Å². The topological polar surface area (TPSA) is 74.4 Å². The summed E-state index contributed by atoms with van der Waals surface area (Å²) in [6.45, 7) is 16.7. The number of likely N-dealkylation sites (N-methyl/N-ethyl adjacent to an activating group) is 1. The minimum absolute atomic E-state index is 0.0915. The minimum Gasteiger partial charge on any atom is -0.466 e. The normalized spacial score (nSPS) is 9.67. The van der Waals surface area contributed by atoms with Crippen LogP contribution in [-0.4, -0.2) is 55.0 Å².